The molecule has 0 aliphatic carbocycles. The Balaban J connectivity index is 1.21. The van der Waals surface area contributed by atoms with Crippen LogP contribution in [0.15, 0.2) is 164 Å². The number of nitrogens with zero attached hydrogens (tertiary/aromatic N) is 3. The second-order valence-electron chi connectivity index (χ2n) is 12.2. The third-order valence-corrected chi connectivity index (χ3v) is 10.5. The molecule has 0 saturated carbocycles. The second-order valence-corrected chi connectivity index (χ2v) is 13.2. The third-order valence-electron chi connectivity index (χ3n) is 9.39. The van der Waals surface area contributed by atoms with E-state index in [2.05, 4.69) is 168 Å². The van der Waals surface area contributed by atoms with E-state index in [4.69, 9.17) is 9.97 Å². The van der Waals surface area contributed by atoms with Gasteiger partial charge in [-0.15, -0.1) is 11.3 Å². The quantitative estimate of drug-likeness (QED) is 0.194. The fourth-order valence-corrected chi connectivity index (χ4v) is 8.43. The number of hydrogen-bond acceptors (Lipinski definition) is 3. The maximum Gasteiger partial charge on any atom is 0.160 e. The third kappa shape index (κ3) is 4.13. The lowest BCUT2D eigenvalue weighted by Gasteiger charge is -2.12. The fraction of sp³-hybridized carbons (Fsp3) is 0. The summed E-state index contributed by atoms with van der Waals surface area (Å²) < 4.78 is 4.89. The van der Waals surface area contributed by atoms with E-state index in [-0.39, 0.29) is 0 Å². The highest BCUT2D eigenvalue weighted by Gasteiger charge is 2.19. The van der Waals surface area contributed by atoms with Crippen molar-refractivity contribution in [2.45, 2.75) is 0 Å². The van der Waals surface area contributed by atoms with E-state index in [0.29, 0.717) is 0 Å². The summed E-state index contributed by atoms with van der Waals surface area (Å²) in [7, 11) is 0. The second kappa shape index (κ2) is 10.7. The van der Waals surface area contributed by atoms with Crippen molar-refractivity contribution in [3.63, 3.8) is 0 Å². The number of benzene rings is 7. The van der Waals surface area contributed by atoms with Crippen LogP contribution in [-0.2, 0) is 0 Å². The predicted octanol–water partition coefficient (Wildman–Crippen LogP) is 12.1. The molecular weight excluding hydrogens is 603 g/mol. The number of aromatic nitrogens is 3. The Bertz CT molecular complexity index is 2830. The summed E-state index contributed by atoms with van der Waals surface area (Å²) >= 11 is 1.83. The van der Waals surface area contributed by atoms with Crippen LogP contribution >= 0.6 is 11.3 Å². The summed E-state index contributed by atoms with van der Waals surface area (Å²) in [5.41, 5.74) is 9.85. The Morgan fingerprint density at radius 1 is 0.438 bits per heavy atom. The van der Waals surface area contributed by atoms with Crippen molar-refractivity contribution in [3.8, 4) is 39.5 Å². The van der Waals surface area contributed by atoms with Crippen LogP contribution in [-0.4, -0.2) is 14.5 Å². The van der Waals surface area contributed by atoms with Gasteiger partial charge in [-0.05, 0) is 59.7 Å². The highest BCUT2D eigenvalue weighted by Crippen LogP contribution is 2.43. The minimum absolute atomic E-state index is 0.723. The average molecular weight is 630 g/mol. The van der Waals surface area contributed by atoms with Gasteiger partial charge in [0.1, 0.15) is 0 Å². The molecule has 0 saturated heterocycles. The first-order valence-electron chi connectivity index (χ1n) is 16.2. The van der Waals surface area contributed by atoms with Gasteiger partial charge < -0.3 is 4.57 Å². The number of hydrogen-bond donors (Lipinski definition) is 0. The van der Waals surface area contributed by atoms with Crippen molar-refractivity contribution in [1.29, 1.82) is 0 Å². The molecule has 0 bridgehead atoms. The Kier molecular flexibility index (Phi) is 6.05. The summed E-state index contributed by atoms with van der Waals surface area (Å²) in [6.45, 7) is 0. The number of rotatable bonds is 4. The van der Waals surface area contributed by atoms with Gasteiger partial charge in [-0.2, -0.15) is 0 Å². The minimum Gasteiger partial charge on any atom is -0.309 e. The molecule has 3 heterocycles. The van der Waals surface area contributed by atoms with Crippen LogP contribution in [0, 0.1) is 0 Å². The van der Waals surface area contributed by atoms with Gasteiger partial charge in [0.05, 0.1) is 22.2 Å². The van der Waals surface area contributed by atoms with Crippen LogP contribution < -0.4 is 0 Å². The lowest BCUT2D eigenvalue weighted by atomic mass is 9.97. The Hall–Kier alpha value is -6.10. The van der Waals surface area contributed by atoms with Crippen LogP contribution in [0.4, 0.5) is 0 Å². The molecule has 0 N–H and O–H groups in total. The zero-order chi connectivity index (χ0) is 31.6. The van der Waals surface area contributed by atoms with E-state index in [1.807, 2.05) is 11.3 Å². The molecule has 0 amide bonds. The predicted molar refractivity (Wildman–Crippen MR) is 203 cm³/mol. The molecule has 0 spiro atoms. The van der Waals surface area contributed by atoms with Gasteiger partial charge >= 0.3 is 0 Å². The first-order valence-corrected chi connectivity index (χ1v) is 17.0. The summed E-state index contributed by atoms with van der Waals surface area (Å²) in [5, 5.41) is 6.06. The van der Waals surface area contributed by atoms with Gasteiger partial charge in [-0.25, -0.2) is 9.97 Å². The summed E-state index contributed by atoms with van der Waals surface area (Å²) in [5.74, 6) is 0.723. The SMILES string of the molecule is c1ccc(-c2nc(-c3cccc(-c4cccc5c4c4ccccc4n5-c4ccccc4)c3)nc3ccc4sc5ccccc5c4c23)cc1. The van der Waals surface area contributed by atoms with Crippen molar-refractivity contribution in [1.82, 2.24) is 14.5 Å². The van der Waals surface area contributed by atoms with Gasteiger partial charge in [0.25, 0.3) is 0 Å². The first kappa shape index (κ1) is 27.1. The molecule has 0 unspecified atom stereocenters. The number of para-hydroxylation sites is 2. The maximum absolute atomic E-state index is 5.36. The summed E-state index contributed by atoms with van der Waals surface area (Å²) in [4.78, 5) is 10.6. The molecule has 4 heteroatoms. The van der Waals surface area contributed by atoms with Crippen molar-refractivity contribution in [2.24, 2.45) is 0 Å². The molecule has 0 fully saturated rings. The average Bonchev–Trinajstić information content (AvgIpc) is 3.71. The first-order chi connectivity index (χ1) is 23.8. The molecule has 0 radical (unpaired) electrons. The van der Waals surface area contributed by atoms with Crippen molar-refractivity contribution < 1.29 is 0 Å². The van der Waals surface area contributed by atoms with E-state index in [9.17, 15) is 0 Å². The van der Waals surface area contributed by atoms with Crippen molar-refractivity contribution in [2.75, 3.05) is 0 Å². The number of fused-ring (bicyclic) bond motifs is 8. The van der Waals surface area contributed by atoms with E-state index < -0.39 is 0 Å². The maximum atomic E-state index is 5.36. The van der Waals surface area contributed by atoms with E-state index in [1.165, 1.54) is 47.5 Å². The molecular formula is C44H27N3S. The molecule has 10 rings (SSSR count). The Morgan fingerprint density at radius 3 is 2.00 bits per heavy atom. The molecule has 3 aromatic heterocycles. The van der Waals surface area contributed by atoms with E-state index >= 15 is 0 Å². The molecule has 0 aliphatic heterocycles. The minimum atomic E-state index is 0.723. The van der Waals surface area contributed by atoms with Crippen LogP contribution in [0.1, 0.15) is 0 Å². The fourth-order valence-electron chi connectivity index (χ4n) is 7.31. The highest BCUT2D eigenvalue weighted by atomic mass is 32.1. The van der Waals surface area contributed by atoms with Crippen LogP contribution in [0.2, 0.25) is 0 Å². The normalized spacial score (nSPS) is 11.8. The molecule has 3 nitrogen and oxygen atoms in total. The largest absolute Gasteiger partial charge is 0.309 e. The van der Waals surface area contributed by atoms with Gasteiger partial charge in [0.15, 0.2) is 5.82 Å². The van der Waals surface area contributed by atoms with Crippen molar-refractivity contribution >= 4 is 64.2 Å². The van der Waals surface area contributed by atoms with Crippen LogP contribution in [0.25, 0.3) is 92.3 Å². The van der Waals surface area contributed by atoms with Gasteiger partial charge in [-0.1, -0.05) is 115 Å². The van der Waals surface area contributed by atoms with Crippen LogP contribution in [0.5, 0.6) is 0 Å². The van der Waals surface area contributed by atoms with Gasteiger partial charge in [0.2, 0.25) is 0 Å². The number of thiophene rings is 1. The lowest BCUT2D eigenvalue weighted by molar-refractivity contribution is 1.18. The van der Waals surface area contributed by atoms with E-state index in [0.717, 1.165) is 44.8 Å². The zero-order valence-corrected chi connectivity index (χ0v) is 26.7. The van der Waals surface area contributed by atoms with Crippen LogP contribution in [0.3, 0.4) is 0 Å². The zero-order valence-electron chi connectivity index (χ0n) is 25.8. The standard InChI is InChI=1S/C44H27N3S/c1-3-13-28(14-4-1)43-42-35(25-26-39-41(42)34-20-8-10-24-38(34)48-39)45-44(46-43)30-16-11-15-29(27-30)32-21-12-23-37-40(32)33-19-7-9-22-36(33)47(37)31-17-5-2-6-18-31/h1-27H. The highest BCUT2D eigenvalue weighted by molar-refractivity contribution is 7.26. The Labute approximate surface area is 281 Å². The Morgan fingerprint density at radius 2 is 1.12 bits per heavy atom. The lowest BCUT2D eigenvalue weighted by Crippen LogP contribution is -1.96. The molecule has 10 aromatic rings. The topological polar surface area (TPSA) is 30.7 Å². The smallest absolute Gasteiger partial charge is 0.160 e. The van der Waals surface area contributed by atoms with Gasteiger partial charge in [0, 0.05) is 53.1 Å². The molecule has 0 aliphatic rings. The molecule has 7 aromatic carbocycles. The van der Waals surface area contributed by atoms with Gasteiger partial charge in [-0.3, -0.25) is 0 Å². The molecule has 224 valence electrons. The summed E-state index contributed by atoms with van der Waals surface area (Å²) in [6, 6.07) is 58.2. The van der Waals surface area contributed by atoms with Crippen molar-refractivity contribution in [3.05, 3.63) is 164 Å². The monoisotopic (exact) mass is 629 g/mol. The molecule has 0 atom stereocenters. The molecule has 48 heavy (non-hydrogen) atoms. The summed E-state index contributed by atoms with van der Waals surface area (Å²) in [6.07, 6.45) is 0. The van der Waals surface area contributed by atoms with E-state index in [1.54, 1.807) is 0 Å².